The van der Waals surface area contributed by atoms with Gasteiger partial charge in [-0.2, -0.15) is 0 Å². The Hall–Kier alpha value is -3.42. The molecule has 0 bridgehead atoms. The number of carbonyl (C=O) groups is 3. The third kappa shape index (κ3) is 3.91. The maximum atomic E-state index is 12.7. The zero-order chi connectivity index (χ0) is 21.3. The van der Waals surface area contributed by atoms with Gasteiger partial charge in [0.15, 0.2) is 17.5 Å². The van der Waals surface area contributed by atoms with Crippen LogP contribution >= 0.6 is 0 Å². The number of hydrogen-bond acceptors (Lipinski definition) is 6. The molecule has 29 heavy (non-hydrogen) atoms. The van der Waals surface area contributed by atoms with E-state index in [2.05, 4.69) is 4.98 Å². The molecule has 152 valence electrons. The van der Waals surface area contributed by atoms with E-state index in [4.69, 9.17) is 9.15 Å². The summed E-state index contributed by atoms with van der Waals surface area (Å²) in [5, 5.41) is 0. The highest BCUT2D eigenvalue weighted by Crippen LogP contribution is 2.20. The minimum absolute atomic E-state index is 0.0741. The van der Waals surface area contributed by atoms with Gasteiger partial charge in [0.1, 0.15) is 0 Å². The third-order valence-corrected chi connectivity index (χ3v) is 4.83. The van der Waals surface area contributed by atoms with Gasteiger partial charge in [0.05, 0.1) is 17.6 Å². The normalized spacial score (nSPS) is 12.1. The number of benzene rings is 1. The van der Waals surface area contributed by atoms with Crippen molar-refractivity contribution in [3.63, 3.8) is 0 Å². The van der Waals surface area contributed by atoms with Crippen LogP contribution < -0.4 is 5.76 Å². The quantitative estimate of drug-likeness (QED) is 0.484. The van der Waals surface area contributed by atoms with Crippen LogP contribution in [0.1, 0.15) is 52.4 Å². The summed E-state index contributed by atoms with van der Waals surface area (Å²) in [7, 11) is 0. The second-order valence-electron chi connectivity index (χ2n) is 6.91. The predicted octanol–water partition coefficient (Wildman–Crippen LogP) is 2.95. The first kappa shape index (κ1) is 20.3. The predicted molar refractivity (Wildman–Crippen MR) is 105 cm³/mol. The van der Waals surface area contributed by atoms with Crippen molar-refractivity contribution in [3.8, 4) is 0 Å². The second kappa shape index (κ2) is 7.90. The Morgan fingerprint density at radius 2 is 1.90 bits per heavy atom. The molecule has 0 radical (unpaired) electrons. The first-order valence-electron chi connectivity index (χ1n) is 9.22. The molecule has 3 aromatic rings. The van der Waals surface area contributed by atoms with Gasteiger partial charge < -0.3 is 14.1 Å². The molecule has 0 saturated heterocycles. The number of aromatic nitrogens is 2. The molecule has 0 aliphatic heterocycles. The van der Waals surface area contributed by atoms with Gasteiger partial charge in [0, 0.05) is 17.8 Å². The van der Waals surface area contributed by atoms with Gasteiger partial charge in [-0.3, -0.25) is 19.0 Å². The van der Waals surface area contributed by atoms with E-state index in [1.165, 1.54) is 18.4 Å². The van der Waals surface area contributed by atoms with Gasteiger partial charge >= 0.3 is 11.7 Å². The molecule has 8 heteroatoms. The number of ketones is 2. The highest BCUT2D eigenvalue weighted by atomic mass is 16.5. The molecule has 1 atom stereocenters. The minimum Gasteiger partial charge on any atom is -0.454 e. The number of fused-ring (bicyclic) bond motifs is 1. The largest absolute Gasteiger partial charge is 0.454 e. The van der Waals surface area contributed by atoms with E-state index in [9.17, 15) is 19.2 Å². The van der Waals surface area contributed by atoms with Crippen molar-refractivity contribution >= 4 is 28.6 Å². The summed E-state index contributed by atoms with van der Waals surface area (Å²) in [6.07, 6.45) is -1.13. The lowest BCUT2D eigenvalue weighted by atomic mass is 10.0. The molecule has 0 unspecified atom stereocenters. The Morgan fingerprint density at radius 1 is 1.21 bits per heavy atom. The standard InChI is InChI=1S/C21H22N2O6/c1-11-18(13(3)24)12(2)22-19(11)20(26)14(4)28-17(25)9-10-23-15-7-5-6-8-16(15)29-21(23)27/h5-8,14,22H,9-10H2,1-4H3/t14-/m0/s1. The molecule has 2 heterocycles. The van der Waals surface area contributed by atoms with Crippen LogP contribution in [-0.2, 0) is 16.1 Å². The molecule has 0 saturated carbocycles. The Labute approximate surface area is 166 Å². The zero-order valence-electron chi connectivity index (χ0n) is 16.7. The van der Waals surface area contributed by atoms with Crippen molar-refractivity contribution < 1.29 is 23.5 Å². The van der Waals surface area contributed by atoms with Crippen LogP contribution in [0, 0.1) is 13.8 Å². The number of H-pyrrole nitrogens is 1. The summed E-state index contributed by atoms with van der Waals surface area (Å²) in [4.78, 5) is 51.5. The van der Waals surface area contributed by atoms with Crippen LogP contribution in [0.4, 0.5) is 0 Å². The maximum Gasteiger partial charge on any atom is 0.419 e. The fraction of sp³-hybridized carbons (Fsp3) is 0.333. The van der Waals surface area contributed by atoms with E-state index < -0.39 is 23.6 Å². The van der Waals surface area contributed by atoms with Crippen molar-refractivity contribution in [2.75, 3.05) is 0 Å². The maximum absolute atomic E-state index is 12.7. The lowest BCUT2D eigenvalue weighted by molar-refractivity contribution is -0.146. The van der Waals surface area contributed by atoms with E-state index in [0.717, 1.165) is 0 Å². The molecule has 3 rings (SSSR count). The molecule has 0 fully saturated rings. The molecule has 1 aromatic carbocycles. The Morgan fingerprint density at radius 3 is 2.55 bits per heavy atom. The van der Waals surface area contributed by atoms with Gasteiger partial charge in [-0.1, -0.05) is 12.1 Å². The molecule has 0 aliphatic carbocycles. The Balaban J connectivity index is 1.67. The average Bonchev–Trinajstić information content (AvgIpc) is 3.14. The van der Waals surface area contributed by atoms with Crippen LogP contribution in [0.25, 0.3) is 11.1 Å². The van der Waals surface area contributed by atoms with E-state index in [-0.39, 0.29) is 24.4 Å². The number of nitrogens with zero attached hydrogens (tertiary/aromatic N) is 1. The summed E-state index contributed by atoms with van der Waals surface area (Å²) in [6.45, 7) is 6.37. The molecule has 0 amide bonds. The fourth-order valence-electron chi connectivity index (χ4n) is 3.47. The highest BCUT2D eigenvalue weighted by Gasteiger charge is 2.26. The number of aryl methyl sites for hydroxylation is 2. The van der Waals surface area contributed by atoms with Gasteiger partial charge in [-0.15, -0.1) is 0 Å². The zero-order valence-corrected chi connectivity index (χ0v) is 16.7. The second-order valence-corrected chi connectivity index (χ2v) is 6.91. The van der Waals surface area contributed by atoms with Crippen LogP contribution in [0.15, 0.2) is 33.5 Å². The number of carbonyl (C=O) groups excluding carboxylic acids is 3. The van der Waals surface area contributed by atoms with E-state index >= 15 is 0 Å². The lowest BCUT2D eigenvalue weighted by Crippen LogP contribution is -2.26. The SMILES string of the molecule is CC(=O)c1c(C)[nH]c(C(=O)[C@H](C)OC(=O)CCn2c(=O)oc3ccccc32)c1C. The van der Waals surface area contributed by atoms with Crippen LogP contribution in [0.3, 0.4) is 0 Å². The molecular formula is C21H22N2O6. The van der Waals surface area contributed by atoms with Crippen molar-refractivity contribution in [2.24, 2.45) is 0 Å². The molecule has 2 aromatic heterocycles. The van der Waals surface area contributed by atoms with E-state index in [1.807, 2.05) is 0 Å². The van der Waals surface area contributed by atoms with Gasteiger partial charge in [-0.25, -0.2) is 4.79 Å². The number of aromatic amines is 1. The smallest absolute Gasteiger partial charge is 0.419 e. The number of nitrogens with one attached hydrogen (secondary N) is 1. The number of ether oxygens (including phenoxy) is 1. The van der Waals surface area contributed by atoms with Gasteiger partial charge in [-0.05, 0) is 45.4 Å². The number of rotatable bonds is 7. The van der Waals surface area contributed by atoms with Crippen LogP contribution in [-0.4, -0.2) is 33.2 Å². The number of para-hydroxylation sites is 2. The van der Waals surface area contributed by atoms with Crippen molar-refractivity contribution in [3.05, 3.63) is 57.3 Å². The number of Topliss-reactive ketones (excluding diaryl/α,β-unsaturated/α-hetero) is 2. The first-order valence-corrected chi connectivity index (χ1v) is 9.22. The molecule has 0 spiro atoms. The van der Waals surface area contributed by atoms with Crippen molar-refractivity contribution in [2.45, 2.75) is 46.8 Å². The summed E-state index contributed by atoms with van der Waals surface area (Å²) >= 11 is 0. The topological polar surface area (TPSA) is 111 Å². The average molecular weight is 398 g/mol. The first-order chi connectivity index (χ1) is 13.7. The Kier molecular flexibility index (Phi) is 5.54. The minimum atomic E-state index is -1.03. The fourth-order valence-corrected chi connectivity index (χ4v) is 3.47. The summed E-state index contributed by atoms with van der Waals surface area (Å²) in [5.74, 6) is -1.73. The third-order valence-electron chi connectivity index (χ3n) is 4.83. The number of oxazole rings is 1. The summed E-state index contributed by atoms with van der Waals surface area (Å²) < 4.78 is 11.7. The van der Waals surface area contributed by atoms with Gasteiger partial charge in [0.2, 0.25) is 5.78 Å². The highest BCUT2D eigenvalue weighted by molar-refractivity contribution is 6.05. The van der Waals surface area contributed by atoms with Gasteiger partial charge in [0.25, 0.3) is 0 Å². The number of esters is 1. The Bertz CT molecular complexity index is 1160. The van der Waals surface area contributed by atoms with Crippen molar-refractivity contribution in [1.82, 2.24) is 9.55 Å². The number of hydrogen-bond donors (Lipinski definition) is 1. The summed E-state index contributed by atoms with van der Waals surface area (Å²) in [6, 6.07) is 6.91. The van der Waals surface area contributed by atoms with Crippen LogP contribution in [0.5, 0.6) is 0 Å². The monoisotopic (exact) mass is 398 g/mol. The molecule has 8 nitrogen and oxygen atoms in total. The summed E-state index contributed by atoms with van der Waals surface area (Å²) in [5.41, 5.74) is 2.89. The molecular weight excluding hydrogens is 376 g/mol. The van der Waals surface area contributed by atoms with E-state index in [1.54, 1.807) is 38.1 Å². The van der Waals surface area contributed by atoms with Crippen LogP contribution in [0.2, 0.25) is 0 Å². The van der Waals surface area contributed by atoms with E-state index in [0.29, 0.717) is 27.9 Å². The molecule has 1 N–H and O–H groups in total. The lowest BCUT2D eigenvalue weighted by Gasteiger charge is -2.12. The van der Waals surface area contributed by atoms with Crippen molar-refractivity contribution in [1.29, 1.82) is 0 Å². The molecule has 0 aliphatic rings.